The Labute approximate surface area is 215 Å². The Hall–Kier alpha value is -4.11. The zero-order valence-electron chi connectivity index (χ0n) is 19.5. The first-order valence-corrected chi connectivity index (χ1v) is 11.9. The van der Waals surface area contributed by atoms with Crippen LogP contribution in [0.3, 0.4) is 0 Å². The molecule has 3 aromatic rings. The predicted molar refractivity (Wildman–Crippen MR) is 136 cm³/mol. The molecule has 2 aliphatic heterocycles. The third-order valence-electron chi connectivity index (χ3n) is 5.95. The highest BCUT2D eigenvalue weighted by atomic mass is 79.9. The second-order valence-electron chi connectivity index (χ2n) is 8.38. The van der Waals surface area contributed by atoms with Gasteiger partial charge in [-0.15, -0.1) is 0 Å². The SMILES string of the molecule is Cc1ccc(N2C(=O)NC(=O)/C(=C\c3cc(Br)ccc3OCc3ccc4c(c3)OCO4)C2=O)cc1C. The van der Waals surface area contributed by atoms with Crippen LogP contribution >= 0.6 is 15.9 Å². The molecule has 1 fully saturated rings. The second-order valence-corrected chi connectivity index (χ2v) is 9.30. The third-order valence-corrected chi connectivity index (χ3v) is 6.45. The molecule has 0 bridgehead atoms. The highest BCUT2D eigenvalue weighted by Gasteiger charge is 2.37. The van der Waals surface area contributed by atoms with Crippen molar-refractivity contribution in [3.8, 4) is 17.2 Å². The number of fused-ring (bicyclic) bond motifs is 1. The number of amides is 4. The fourth-order valence-electron chi connectivity index (χ4n) is 3.87. The molecule has 9 heteroatoms. The van der Waals surface area contributed by atoms with Crippen LogP contribution in [-0.2, 0) is 16.2 Å². The minimum absolute atomic E-state index is 0.182. The number of urea groups is 1. The molecule has 0 aromatic heterocycles. The molecular formula is C27H21BrN2O6. The number of rotatable bonds is 5. The van der Waals surface area contributed by atoms with Crippen LogP contribution in [0.25, 0.3) is 6.08 Å². The van der Waals surface area contributed by atoms with Crippen LogP contribution in [0.2, 0.25) is 0 Å². The van der Waals surface area contributed by atoms with E-state index in [1.807, 2.05) is 38.1 Å². The van der Waals surface area contributed by atoms with Gasteiger partial charge in [-0.2, -0.15) is 0 Å². The lowest BCUT2D eigenvalue weighted by molar-refractivity contribution is -0.122. The summed E-state index contributed by atoms with van der Waals surface area (Å²) < 4.78 is 17.5. The van der Waals surface area contributed by atoms with Crippen molar-refractivity contribution in [3.63, 3.8) is 0 Å². The van der Waals surface area contributed by atoms with Crippen molar-refractivity contribution in [3.05, 3.63) is 86.9 Å². The van der Waals surface area contributed by atoms with Gasteiger partial charge < -0.3 is 14.2 Å². The lowest BCUT2D eigenvalue weighted by Gasteiger charge is -2.27. The zero-order chi connectivity index (χ0) is 25.4. The van der Waals surface area contributed by atoms with E-state index in [1.54, 1.807) is 30.3 Å². The Morgan fingerprint density at radius 3 is 2.58 bits per heavy atom. The van der Waals surface area contributed by atoms with Crippen molar-refractivity contribution in [2.24, 2.45) is 0 Å². The summed E-state index contributed by atoms with van der Waals surface area (Å²) in [6.07, 6.45) is 1.43. The number of hydrogen-bond donors (Lipinski definition) is 1. The summed E-state index contributed by atoms with van der Waals surface area (Å²) in [7, 11) is 0. The molecule has 1 N–H and O–H groups in total. The number of benzene rings is 3. The molecule has 0 atom stereocenters. The number of nitrogens with zero attached hydrogens (tertiary/aromatic N) is 1. The third kappa shape index (κ3) is 4.57. The fourth-order valence-corrected chi connectivity index (χ4v) is 4.25. The molecule has 0 aliphatic carbocycles. The fraction of sp³-hybridized carbons (Fsp3) is 0.148. The van der Waals surface area contributed by atoms with Crippen LogP contribution in [0.5, 0.6) is 17.2 Å². The number of aryl methyl sites for hydroxylation is 2. The number of nitrogens with one attached hydrogen (secondary N) is 1. The van der Waals surface area contributed by atoms with Gasteiger partial charge in [-0.25, -0.2) is 9.69 Å². The van der Waals surface area contributed by atoms with E-state index in [1.165, 1.54) is 6.08 Å². The van der Waals surface area contributed by atoms with E-state index in [2.05, 4.69) is 21.2 Å². The van der Waals surface area contributed by atoms with Crippen molar-refractivity contribution in [1.82, 2.24) is 5.32 Å². The topological polar surface area (TPSA) is 94.2 Å². The highest BCUT2D eigenvalue weighted by Crippen LogP contribution is 2.34. The molecule has 2 aliphatic rings. The van der Waals surface area contributed by atoms with Gasteiger partial charge in [0.05, 0.1) is 5.69 Å². The second kappa shape index (κ2) is 9.50. The molecule has 2 heterocycles. The van der Waals surface area contributed by atoms with Crippen LogP contribution in [0, 0.1) is 13.8 Å². The predicted octanol–water partition coefficient (Wildman–Crippen LogP) is 5.04. The zero-order valence-corrected chi connectivity index (χ0v) is 21.0. The van der Waals surface area contributed by atoms with E-state index in [4.69, 9.17) is 14.2 Å². The smallest absolute Gasteiger partial charge is 0.335 e. The maximum Gasteiger partial charge on any atom is 0.335 e. The van der Waals surface area contributed by atoms with Crippen molar-refractivity contribution in [1.29, 1.82) is 0 Å². The minimum Gasteiger partial charge on any atom is -0.488 e. The first-order chi connectivity index (χ1) is 17.3. The van der Waals surface area contributed by atoms with Crippen molar-refractivity contribution < 1.29 is 28.6 Å². The van der Waals surface area contributed by atoms with Crippen LogP contribution in [0.1, 0.15) is 22.3 Å². The van der Waals surface area contributed by atoms with Crippen molar-refractivity contribution in [2.75, 3.05) is 11.7 Å². The lowest BCUT2D eigenvalue weighted by Crippen LogP contribution is -2.54. The van der Waals surface area contributed by atoms with E-state index in [-0.39, 0.29) is 19.0 Å². The van der Waals surface area contributed by atoms with E-state index < -0.39 is 17.8 Å². The summed E-state index contributed by atoms with van der Waals surface area (Å²) in [5.74, 6) is 0.298. The molecule has 182 valence electrons. The van der Waals surface area contributed by atoms with Gasteiger partial charge in [-0.1, -0.05) is 28.1 Å². The Kier molecular flexibility index (Phi) is 6.24. The standard InChI is InChI=1S/C27H21BrN2O6/c1-15-3-6-20(9-16(15)2)30-26(32)21(25(31)29-27(30)33)12-18-11-19(28)5-8-22(18)34-13-17-4-7-23-24(10-17)36-14-35-23/h3-12H,13-14H2,1-2H3,(H,29,31,33)/b21-12+. The first kappa shape index (κ1) is 23.6. The molecule has 1 saturated heterocycles. The molecule has 0 unspecified atom stereocenters. The Morgan fingerprint density at radius 1 is 0.972 bits per heavy atom. The number of barbiturate groups is 1. The van der Waals surface area contributed by atoms with Gasteiger partial charge in [0.15, 0.2) is 11.5 Å². The first-order valence-electron chi connectivity index (χ1n) is 11.1. The summed E-state index contributed by atoms with van der Waals surface area (Å²) in [5, 5.41) is 2.26. The quantitative estimate of drug-likeness (QED) is 0.354. The highest BCUT2D eigenvalue weighted by molar-refractivity contribution is 9.10. The number of carbonyl (C=O) groups is 3. The van der Waals surface area contributed by atoms with E-state index in [0.717, 1.165) is 26.1 Å². The van der Waals surface area contributed by atoms with Gasteiger partial charge in [0, 0.05) is 10.0 Å². The van der Waals surface area contributed by atoms with Gasteiger partial charge in [0.2, 0.25) is 6.79 Å². The van der Waals surface area contributed by atoms with E-state index in [9.17, 15) is 14.4 Å². The van der Waals surface area contributed by atoms with Gasteiger partial charge in [-0.3, -0.25) is 14.9 Å². The van der Waals surface area contributed by atoms with Crippen LogP contribution in [0.4, 0.5) is 10.5 Å². The lowest BCUT2D eigenvalue weighted by atomic mass is 10.0. The molecule has 0 radical (unpaired) electrons. The summed E-state index contributed by atoms with van der Waals surface area (Å²) >= 11 is 3.43. The minimum atomic E-state index is -0.793. The average Bonchev–Trinajstić information content (AvgIpc) is 3.31. The van der Waals surface area contributed by atoms with Crippen molar-refractivity contribution in [2.45, 2.75) is 20.5 Å². The number of anilines is 1. The average molecular weight is 549 g/mol. The summed E-state index contributed by atoms with van der Waals surface area (Å²) in [5.41, 5.74) is 3.50. The normalized spacial score (nSPS) is 15.9. The van der Waals surface area contributed by atoms with Crippen LogP contribution in [-0.4, -0.2) is 24.6 Å². The van der Waals surface area contributed by atoms with Crippen LogP contribution in [0.15, 0.2) is 64.6 Å². The number of hydrogen-bond acceptors (Lipinski definition) is 6. The molecule has 3 aromatic carbocycles. The van der Waals surface area contributed by atoms with Crippen LogP contribution < -0.4 is 24.4 Å². The van der Waals surface area contributed by atoms with Gasteiger partial charge >= 0.3 is 6.03 Å². The maximum atomic E-state index is 13.3. The number of ether oxygens (including phenoxy) is 3. The Bertz CT molecular complexity index is 1450. The van der Waals surface area contributed by atoms with Crippen molar-refractivity contribution >= 4 is 45.5 Å². The van der Waals surface area contributed by atoms with Gasteiger partial charge in [0.25, 0.3) is 11.8 Å². The van der Waals surface area contributed by atoms with E-state index in [0.29, 0.717) is 28.5 Å². The molecule has 5 rings (SSSR count). The molecular weight excluding hydrogens is 528 g/mol. The van der Waals surface area contributed by atoms with Gasteiger partial charge in [0.1, 0.15) is 17.9 Å². The summed E-state index contributed by atoms with van der Waals surface area (Å²) in [6, 6.07) is 15.2. The summed E-state index contributed by atoms with van der Waals surface area (Å²) in [4.78, 5) is 39.5. The molecule has 0 spiro atoms. The number of imide groups is 2. The largest absolute Gasteiger partial charge is 0.488 e. The Balaban J connectivity index is 1.45. The molecule has 36 heavy (non-hydrogen) atoms. The monoisotopic (exact) mass is 548 g/mol. The summed E-state index contributed by atoms with van der Waals surface area (Å²) in [6.45, 7) is 4.23. The number of halogens is 1. The van der Waals surface area contributed by atoms with E-state index >= 15 is 0 Å². The maximum absolute atomic E-state index is 13.3. The molecule has 0 saturated carbocycles. The number of carbonyl (C=O) groups excluding carboxylic acids is 3. The molecule has 8 nitrogen and oxygen atoms in total. The van der Waals surface area contributed by atoms with Gasteiger partial charge in [-0.05, 0) is 79.1 Å². The Morgan fingerprint density at radius 2 is 1.78 bits per heavy atom. The molecule has 4 amide bonds.